The standard InChI is InChI=1S/C16H22F2N2O2S/c17-14-2-1-13(16(18)11-14)12-19-5-3-15(4-6-19)20-7-9-23(21,22)10-8-20/h1-2,11,15H,3-10,12H2. The summed E-state index contributed by atoms with van der Waals surface area (Å²) in [5.41, 5.74) is 0.522. The molecule has 128 valence electrons. The van der Waals surface area contributed by atoms with E-state index in [1.165, 1.54) is 12.1 Å². The summed E-state index contributed by atoms with van der Waals surface area (Å²) < 4.78 is 49.6. The van der Waals surface area contributed by atoms with E-state index < -0.39 is 21.5 Å². The Morgan fingerprint density at radius 1 is 1.04 bits per heavy atom. The van der Waals surface area contributed by atoms with Crippen LogP contribution >= 0.6 is 0 Å². The second-order valence-electron chi connectivity index (χ2n) is 6.43. The average Bonchev–Trinajstić information content (AvgIpc) is 2.51. The predicted octanol–water partition coefficient (Wildman–Crippen LogP) is 1.66. The van der Waals surface area contributed by atoms with Crippen LogP contribution in [0.2, 0.25) is 0 Å². The molecule has 23 heavy (non-hydrogen) atoms. The Morgan fingerprint density at radius 2 is 1.70 bits per heavy atom. The Kier molecular flexibility index (Phi) is 4.98. The fourth-order valence-electron chi connectivity index (χ4n) is 3.43. The van der Waals surface area contributed by atoms with E-state index in [0.717, 1.165) is 32.0 Å². The molecule has 0 bridgehead atoms. The van der Waals surface area contributed by atoms with Gasteiger partial charge in [-0.3, -0.25) is 9.80 Å². The molecule has 2 aliphatic rings. The van der Waals surface area contributed by atoms with Crippen molar-refractivity contribution in [2.45, 2.75) is 25.4 Å². The van der Waals surface area contributed by atoms with Crippen molar-refractivity contribution in [2.75, 3.05) is 37.7 Å². The number of likely N-dealkylation sites (tertiary alicyclic amines) is 1. The van der Waals surface area contributed by atoms with Gasteiger partial charge in [-0.2, -0.15) is 0 Å². The van der Waals surface area contributed by atoms with Gasteiger partial charge in [-0.1, -0.05) is 6.07 Å². The molecule has 7 heteroatoms. The van der Waals surface area contributed by atoms with Crippen molar-refractivity contribution in [1.29, 1.82) is 0 Å². The Balaban J connectivity index is 1.50. The number of hydrogen-bond donors (Lipinski definition) is 0. The van der Waals surface area contributed by atoms with E-state index in [0.29, 0.717) is 31.2 Å². The van der Waals surface area contributed by atoms with E-state index in [2.05, 4.69) is 9.80 Å². The molecule has 0 spiro atoms. The Bertz CT molecular complexity index is 644. The zero-order valence-corrected chi connectivity index (χ0v) is 13.9. The highest BCUT2D eigenvalue weighted by molar-refractivity contribution is 7.91. The maximum absolute atomic E-state index is 13.7. The zero-order chi connectivity index (χ0) is 16.4. The topological polar surface area (TPSA) is 40.6 Å². The lowest BCUT2D eigenvalue weighted by molar-refractivity contribution is 0.110. The molecule has 0 aromatic heterocycles. The van der Waals surface area contributed by atoms with Crippen molar-refractivity contribution in [2.24, 2.45) is 0 Å². The van der Waals surface area contributed by atoms with Crippen molar-refractivity contribution in [3.63, 3.8) is 0 Å². The van der Waals surface area contributed by atoms with Gasteiger partial charge in [0.25, 0.3) is 0 Å². The van der Waals surface area contributed by atoms with Crippen LogP contribution in [-0.2, 0) is 16.4 Å². The van der Waals surface area contributed by atoms with Crippen molar-refractivity contribution >= 4 is 9.84 Å². The first-order valence-corrected chi connectivity index (χ1v) is 9.86. The summed E-state index contributed by atoms with van der Waals surface area (Å²) in [6.45, 7) is 3.45. The Hall–Kier alpha value is -1.05. The van der Waals surface area contributed by atoms with Gasteiger partial charge in [-0.25, -0.2) is 17.2 Å². The minimum Gasteiger partial charge on any atom is -0.299 e. The first-order chi connectivity index (χ1) is 10.9. The van der Waals surface area contributed by atoms with Crippen LogP contribution in [0.4, 0.5) is 8.78 Å². The van der Waals surface area contributed by atoms with Crippen molar-refractivity contribution in [1.82, 2.24) is 9.80 Å². The van der Waals surface area contributed by atoms with Gasteiger partial charge in [0.15, 0.2) is 9.84 Å². The molecule has 1 aromatic rings. The number of sulfone groups is 1. The van der Waals surface area contributed by atoms with Gasteiger partial charge >= 0.3 is 0 Å². The normalized spacial score (nSPS) is 23.9. The van der Waals surface area contributed by atoms with E-state index in [1.54, 1.807) is 0 Å². The summed E-state index contributed by atoms with van der Waals surface area (Å²) in [4.78, 5) is 4.45. The fourth-order valence-corrected chi connectivity index (χ4v) is 4.65. The van der Waals surface area contributed by atoms with Gasteiger partial charge < -0.3 is 0 Å². The maximum atomic E-state index is 13.7. The molecule has 0 radical (unpaired) electrons. The van der Waals surface area contributed by atoms with Gasteiger partial charge in [0.2, 0.25) is 0 Å². The smallest absolute Gasteiger partial charge is 0.152 e. The molecule has 4 nitrogen and oxygen atoms in total. The summed E-state index contributed by atoms with van der Waals surface area (Å²) in [5.74, 6) is -0.527. The maximum Gasteiger partial charge on any atom is 0.152 e. The molecule has 2 saturated heterocycles. The van der Waals surface area contributed by atoms with Gasteiger partial charge in [0.05, 0.1) is 11.5 Å². The highest BCUT2D eigenvalue weighted by Crippen LogP contribution is 2.21. The largest absolute Gasteiger partial charge is 0.299 e. The minimum absolute atomic E-state index is 0.258. The van der Waals surface area contributed by atoms with Crippen LogP contribution in [0.25, 0.3) is 0 Å². The predicted molar refractivity (Wildman–Crippen MR) is 84.9 cm³/mol. The highest BCUT2D eigenvalue weighted by atomic mass is 32.2. The molecule has 0 atom stereocenters. The number of halogens is 2. The number of hydrogen-bond acceptors (Lipinski definition) is 4. The van der Waals surface area contributed by atoms with Crippen LogP contribution in [0.15, 0.2) is 18.2 Å². The summed E-state index contributed by atoms with van der Waals surface area (Å²) in [6, 6.07) is 4.14. The van der Waals surface area contributed by atoms with E-state index in [4.69, 9.17) is 0 Å². The first kappa shape index (κ1) is 16.8. The van der Waals surface area contributed by atoms with Crippen LogP contribution in [0.3, 0.4) is 0 Å². The second kappa shape index (κ2) is 6.83. The molecule has 0 amide bonds. The molecule has 2 fully saturated rings. The van der Waals surface area contributed by atoms with Crippen LogP contribution in [-0.4, -0.2) is 61.9 Å². The van der Waals surface area contributed by atoms with Gasteiger partial charge in [0, 0.05) is 37.3 Å². The molecule has 3 rings (SSSR count). The molecule has 0 aliphatic carbocycles. The molecule has 0 unspecified atom stereocenters. The van der Waals surface area contributed by atoms with Crippen molar-refractivity contribution in [3.05, 3.63) is 35.4 Å². The van der Waals surface area contributed by atoms with Gasteiger partial charge in [-0.05, 0) is 32.0 Å². The number of nitrogens with zero attached hydrogens (tertiary/aromatic N) is 2. The third-order valence-electron chi connectivity index (χ3n) is 4.86. The number of piperidine rings is 1. The van der Waals surface area contributed by atoms with Gasteiger partial charge in [0.1, 0.15) is 11.6 Å². The Labute approximate surface area is 136 Å². The lowest BCUT2D eigenvalue weighted by Crippen LogP contribution is -2.50. The first-order valence-electron chi connectivity index (χ1n) is 8.04. The molecule has 1 aromatic carbocycles. The highest BCUT2D eigenvalue weighted by Gasteiger charge is 2.29. The molecule has 2 heterocycles. The van der Waals surface area contributed by atoms with Crippen molar-refractivity contribution < 1.29 is 17.2 Å². The van der Waals surface area contributed by atoms with Crippen LogP contribution in [0.5, 0.6) is 0 Å². The average molecular weight is 344 g/mol. The summed E-state index contributed by atoms with van der Waals surface area (Å²) in [5, 5.41) is 0. The molecule has 2 aliphatic heterocycles. The third-order valence-corrected chi connectivity index (χ3v) is 6.47. The van der Waals surface area contributed by atoms with Crippen LogP contribution < -0.4 is 0 Å². The van der Waals surface area contributed by atoms with E-state index in [-0.39, 0.29) is 11.5 Å². The zero-order valence-electron chi connectivity index (χ0n) is 13.0. The van der Waals surface area contributed by atoms with Gasteiger partial charge in [-0.15, -0.1) is 0 Å². The monoisotopic (exact) mass is 344 g/mol. The fraction of sp³-hybridized carbons (Fsp3) is 0.625. The lowest BCUT2D eigenvalue weighted by Gasteiger charge is -2.40. The Morgan fingerprint density at radius 3 is 2.30 bits per heavy atom. The quantitative estimate of drug-likeness (QED) is 0.836. The molecular weight excluding hydrogens is 322 g/mol. The van der Waals surface area contributed by atoms with E-state index >= 15 is 0 Å². The summed E-state index contributed by atoms with van der Waals surface area (Å²) in [7, 11) is -2.84. The van der Waals surface area contributed by atoms with Crippen molar-refractivity contribution in [3.8, 4) is 0 Å². The molecular formula is C16H22F2N2O2S. The summed E-state index contributed by atoms with van der Waals surface area (Å²) >= 11 is 0. The van der Waals surface area contributed by atoms with Crippen LogP contribution in [0, 0.1) is 11.6 Å². The summed E-state index contributed by atoms with van der Waals surface area (Å²) in [6.07, 6.45) is 1.92. The number of benzene rings is 1. The third kappa shape index (κ3) is 4.28. The lowest BCUT2D eigenvalue weighted by atomic mass is 10.0. The second-order valence-corrected chi connectivity index (χ2v) is 8.73. The van der Waals surface area contributed by atoms with E-state index in [9.17, 15) is 17.2 Å². The SMILES string of the molecule is O=S1(=O)CCN(C2CCN(Cc3ccc(F)cc3F)CC2)CC1. The molecule has 0 saturated carbocycles. The van der Waals surface area contributed by atoms with Crippen LogP contribution in [0.1, 0.15) is 18.4 Å². The minimum atomic E-state index is -2.84. The number of rotatable bonds is 3. The van der Waals surface area contributed by atoms with E-state index in [1.807, 2.05) is 0 Å². The molecule has 0 N–H and O–H groups in total.